The van der Waals surface area contributed by atoms with Gasteiger partial charge in [-0.3, -0.25) is 9.19 Å². The number of nitrogens with zero attached hydrogens (tertiary/aromatic N) is 1. The average molecular weight is 416 g/mol. The number of hydrogen-bond donors (Lipinski definition) is 1. The number of para-hydroxylation sites is 1. The monoisotopic (exact) mass is 415 g/mol. The molecule has 1 atom stereocenters. The maximum absolute atomic E-state index is 12.8. The zero-order valence-electron chi connectivity index (χ0n) is 16.3. The molecule has 0 fully saturated rings. The van der Waals surface area contributed by atoms with Gasteiger partial charge in [0.25, 0.3) is 0 Å². The fourth-order valence-electron chi connectivity index (χ4n) is 3.32. The van der Waals surface area contributed by atoms with Crippen LogP contribution in [0, 0.1) is 0 Å². The average Bonchev–Trinajstić information content (AvgIpc) is 2.78. The van der Waals surface area contributed by atoms with Crippen molar-refractivity contribution in [3.05, 3.63) is 107 Å². The van der Waals surface area contributed by atoms with E-state index in [1.165, 1.54) is 0 Å². The topological polar surface area (TPSA) is 67.3 Å². The van der Waals surface area contributed by atoms with Gasteiger partial charge in [-0.2, -0.15) is 0 Å². The van der Waals surface area contributed by atoms with Crippen LogP contribution in [0.3, 0.4) is 0 Å². The van der Waals surface area contributed by atoms with E-state index in [1.54, 1.807) is 12.1 Å². The van der Waals surface area contributed by atoms with Crippen LogP contribution in [0.1, 0.15) is 27.2 Å². The third-order valence-electron chi connectivity index (χ3n) is 5.02. The van der Waals surface area contributed by atoms with E-state index in [1.807, 2.05) is 72.8 Å². The molecule has 0 saturated heterocycles. The molecule has 0 aliphatic rings. The molecule has 3 aromatic carbocycles. The molecular formula is C25H21NO3S. The molecule has 0 spiro atoms. The molecular weight excluding hydrogens is 394 g/mol. The van der Waals surface area contributed by atoms with Gasteiger partial charge in [-0.05, 0) is 60.4 Å². The minimum Gasteiger partial charge on any atom is -0.478 e. The second-order valence-electron chi connectivity index (χ2n) is 7.13. The Hall–Kier alpha value is -3.31. The molecule has 0 aliphatic carbocycles. The normalized spacial score (nSPS) is 12.0. The quantitative estimate of drug-likeness (QED) is 0.460. The van der Waals surface area contributed by atoms with Gasteiger partial charge >= 0.3 is 5.97 Å². The van der Waals surface area contributed by atoms with E-state index in [2.05, 4.69) is 4.98 Å². The first kappa shape index (κ1) is 20.0. The van der Waals surface area contributed by atoms with Crippen molar-refractivity contribution < 1.29 is 14.1 Å². The number of carbonyl (C=O) groups is 1. The van der Waals surface area contributed by atoms with E-state index in [0.717, 1.165) is 45.5 Å². The molecule has 0 amide bonds. The number of carboxylic acid groups (broad SMARTS) is 1. The maximum atomic E-state index is 12.8. The number of rotatable bonds is 7. The zero-order chi connectivity index (χ0) is 20.9. The highest BCUT2D eigenvalue weighted by atomic mass is 32.2. The first-order valence-corrected chi connectivity index (χ1v) is 11.0. The van der Waals surface area contributed by atoms with Gasteiger partial charge in [0.05, 0.1) is 33.3 Å². The number of benzene rings is 3. The molecule has 1 heterocycles. The van der Waals surface area contributed by atoms with Crippen molar-refractivity contribution >= 4 is 27.7 Å². The molecule has 1 unspecified atom stereocenters. The van der Waals surface area contributed by atoms with Crippen LogP contribution in [-0.2, 0) is 29.4 Å². The van der Waals surface area contributed by atoms with Crippen LogP contribution in [-0.4, -0.2) is 20.3 Å². The number of pyridine rings is 1. The van der Waals surface area contributed by atoms with Crippen LogP contribution in [0.5, 0.6) is 0 Å². The maximum Gasteiger partial charge on any atom is 0.335 e. The van der Waals surface area contributed by atoms with Crippen molar-refractivity contribution in [3.8, 4) is 0 Å². The van der Waals surface area contributed by atoms with Gasteiger partial charge in [-0.15, -0.1) is 0 Å². The molecule has 1 N–H and O–H groups in total. The number of aryl methyl sites for hydroxylation is 2. The summed E-state index contributed by atoms with van der Waals surface area (Å²) in [6.45, 7) is 0. The molecule has 4 aromatic rings. The van der Waals surface area contributed by atoms with E-state index >= 15 is 0 Å². The van der Waals surface area contributed by atoms with Crippen LogP contribution in [0.25, 0.3) is 10.9 Å². The summed E-state index contributed by atoms with van der Waals surface area (Å²) in [7, 11) is -1.15. The van der Waals surface area contributed by atoms with Gasteiger partial charge in [0.15, 0.2) is 0 Å². The summed E-state index contributed by atoms with van der Waals surface area (Å²) in [4.78, 5) is 16.3. The largest absolute Gasteiger partial charge is 0.478 e. The summed E-state index contributed by atoms with van der Waals surface area (Å²) in [6, 6.07) is 26.7. The summed E-state index contributed by atoms with van der Waals surface area (Å²) < 4.78 is 12.8. The number of fused-ring (bicyclic) bond motifs is 1. The number of carboxylic acids is 1. The van der Waals surface area contributed by atoms with Crippen LogP contribution < -0.4 is 0 Å². The molecule has 30 heavy (non-hydrogen) atoms. The second kappa shape index (κ2) is 9.01. The van der Waals surface area contributed by atoms with Crippen LogP contribution in [0.4, 0.5) is 0 Å². The fraction of sp³-hybridized carbons (Fsp3) is 0.120. The predicted octanol–water partition coefficient (Wildman–Crippen LogP) is 5.03. The second-order valence-corrected chi connectivity index (χ2v) is 8.58. The minimum atomic E-state index is -1.15. The van der Waals surface area contributed by atoms with E-state index in [4.69, 9.17) is 5.11 Å². The molecule has 0 aliphatic heterocycles. The number of hydrogen-bond acceptors (Lipinski definition) is 3. The van der Waals surface area contributed by atoms with Gasteiger partial charge in [-0.25, -0.2) is 4.79 Å². The van der Waals surface area contributed by atoms with Gasteiger partial charge in [0, 0.05) is 10.3 Å². The summed E-state index contributed by atoms with van der Waals surface area (Å²) in [5.41, 5.74) is 4.28. The van der Waals surface area contributed by atoms with Crippen LogP contribution in [0.15, 0.2) is 89.8 Å². The van der Waals surface area contributed by atoms with Crippen molar-refractivity contribution in [2.45, 2.75) is 23.5 Å². The summed E-state index contributed by atoms with van der Waals surface area (Å²) in [5.74, 6) is -0.524. The molecule has 5 heteroatoms. The molecule has 4 rings (SSSR count). The first-order chi connectivity index (χ1) is 14.6. The van der Waals surface area contributed by atoms with E-state index in [9.17, 15) is 9.00 Å². The highest BCUT2D eigenvalue weighted by molar-refractivity contribution is 7.84. The lowest BCUT2D eigenvalue weighted by Gasteiger charge is -2.06. The lowest BCUT2D eigenvalue weighted by atomic mass is 10.0. The Morgan fingerprint density at radius 1 is 0.800 bits per heavy atom. The van der Waals surface area contributed by atoms with Crippen molar-refractivity contribution in [2.75, 3.05) is 0 Å². The Bertz CT molecular complexity index is 1200. The zero-order valence-corrected chi connectivity index (χ0v) is 17.1. The highest BCUT2D eigenvalue weighted by Crippen LogP contribution is 2.17. The molecule has 0 radical (unpaired) electrons. The van der Waals surface area contributed by atoms with E-state index < -0.39 is 16.8 Å². The summed E-state index contributed by atoms with van der Waals surface area (Å²) in [5, 5.41) is 10.0. The number of aromatic carboxylic acids is 1. The third kappa shape index (κ3) is 4.81. The molecule has 150 valence electrons. The third-order valence-corrected chi connectivity index (χ3v) is 6.38. The Balaban J connectivity index is 1.37. The van der Waals surface area contributed by atoms with E-state index in [-0.39, 0.29) is 0 Å². The lowest BCUT2D eigenvalue weighted by Crippen LogP contribution is -2.00. The van der Waals surface area contributed by atoms with Crippen molar-refractivity contribution in [1.82, 2.24) is 4.98 Å². The minimum absolute atomic E-state index is 0.298. The van der Waals surface area contributed by atoms with Gasteiger partial charge < -0.3 is 5.11 Å². The Morgan fingerprint density at radius 3 is 2.10 bits per heavy atom. The fourth-order valence-corrected chi connectivity index (χ4v) is 4.35. The molecule has 0 bridgehead atoms. The standard InChI is InChI=1S/C25H21NO3S/c27-25(28)21-11-7-18(8-12-21)5-6-19-9-15-23(16-10-19)30(29)17-22-14-13-20-3-1-2-4-24(20)26-22/h1-4,7-16H,5-6,17H2,(H,27,28). The lowest BCUT2D eigenvalue weighted by molar-refractivity contribution is 0.0697. The SMILES string of the molecule is O=C(O)c1ccc(CCc2ccc(S(=O)Cc3ccc4ccccc4n3)cc2)cc1. The van der Waals surface area contributed by atoms with Gasteiger partial charge in [0.1, 0.15) is 0 Å². The Labute approximate surface area is 177 Å². The number of aromatic nitrogens is 1. The highest BCUT2D eigenvalue weighted by Gasteiger charge is 2.08. The predicted molar refractivity (Wildman–Crippen MR) is 119 cm³/mol. The smallest absolute Gasteiger partial charge is 0.335 e. The molecule has 1 aromatic heterocycles. The van der Waals surface area contributed by atoms with E-state index in [0.29, 0.717) is 11.3 Å². The van der Waals surface area contributed by atoms with Crippen LogP contribution in [0.2, 0.25) is 0 Å². The van der Waals surface area contributed by atoms with Crippen molar-refractivity contribution in [1.29, 1.82) is 0 Å². The molecule has 0 saturated carbocycles. The van der Waals surface area contributed by atoms with Crippen molar-refractivity contribution in [3.63, 3.8) is 0 Å². The van der Waals surface area contributed by atoms with Crippen molar-refractivity contribution in [2.24, 2.45) is 0 Å². The Kier molecular flexibility index (Phi) is 6.00. The first-order valence-electron chi connectivity index (χ1n) is 9.73. The Morgan fingerprint density at radius 2 is 1.43 bits per heavy atom. The van der Waals surface area contributed by atoms with Gasteiger partial charge in [0.2, 0.25) is 0 Å². The van der Waals surface area contributed by atoms with Gasteiger partial charge in [-0.1, -0.05) is 48.5 Å². The summed E-state index contributed by atoms with van der Waals surface area (Å²) >= 11 is 0. The molecule has 4 nitrogen and oxygen atoms in total. The summed E-state index contributed by atoms with van der Waals surface area (Å²) in [6.07, 6.45) is 1.66. The van der Waals surface area contributed by atoms with Crippen LogP contribution >= 0.6 is 0 Å².